The van der Waals surface area contributed by atoms with Crippen molar-refractivity contribution < 1.29 is 0 Å². The van der Waals surface area contributed by atoms with Crippen LogP contribution in [0.2, 0.25) is 0 Å². The second-order valence-corrected chi connectivity index (χ2v) is 6.29. The van der Waals surface area contributed by atoms with Gasteiger partial charge in [0.05, 0.1) is 29.3 Å². The van der Waals surface area contributed by atoms with Crippen LogP contribution < -0.4 is 5.32 Å². The summed E-state index contributed by atoms with van der Waals surface area (Å²) in [6.07, 6.45) is 2.15. The number of hydrogen-bond donors (Lipinski definition) is 1. The average molecular weight is 286 g/mol. The number of rotatable bonds is 3. The van der Waals surface area contributed by atoms with Crippen LogP contribution in [0.15, 0.2) is 18.3 Å². The van der Waals surface area contributed by atoms with E-state index in [0.29, 0.717) is 0 Å². The molecule has 1 N–H and O–H groups in total. The quantitative estimate of drug-likeness (QED) is 0.799. The number of nitrogens with one attached hydrogen (secondary N) is 1. The van der Waals surface area contributed by atoms with Crippen molar-refractivity contribution in [3.63, 3.8) is 0 Å². The molecule has 5 heteroatoms. The molecule has 0 bridgehead atoms. The summed E-state index contributed by atoms with van der Waals surface area (Å²) in [7, 11) is 0. The number of hydrogen-bond acceptors (Lipinski definition) is 4. The van der Waals surface area contributed by atoms with Crippen LogP contribution in [-0.2, 0) is 6.54 Å². The zero-order valence-electron chi connectivity index (χ0n) is 12.2. The summed E-state index contributed by atoms with van der Waals surface area (Å²) >= 11 is 1.73. The molecule has 0 spiro atoms. The topological polar surface area (TPSA) is 42.2 Å². The maximum atomic E-state index is 4.61. The molecule has 3 heterocycles. The Hall–Kier alpha value is -1.88. The predicted molar refractivity (Wildman–Crippen MR) is 83.6 cm³/mol. The highest BCUT2D eigenvalue weighted by molar-refractivity contribution is 7.17. The lowest BCUT2D eigenvalue weighted by atomic mass is 10.2. The van der Waals surface area contributed by atoms with Gasteiger partial charge in [-0.3, -0.25) is 9.38 Å². The fraction of sp³-hybridized carbons (Fsp3) is 0.333. The van der Waals surface area contributed by atoms with Gasteiger partial charge in [-0.1, -0.05) is 0 Å². The summed E-state index contributed by atoms with van der Waals surface area (Å²) in [6.45, 7) is 8.97. The maximum Gasteiger partial charge on any atom is 0.194 e. The first-order chi connectivity index (χ1) is 9.54. The maximum absolute atomic E-state index is 4.61. The molecule has 104 valence electrons. The van der Waals surface area contributed by atoms with E-state index in [-0.39, 0.29) is 0 Å². The predicted octanol–water partition coefficient (Wildman–Crippen LogP) is 3.64. The third-order valence-electron chi connectivity index (χ3n) is 3.41. The fourth-order valence-corrected chi connectivity index (χ4v) is 3.26. The number of aryl methyl sites for hydroxylation is 4. The SMILES string of the molecule is Cc1ccc(NCc2c(C)nc3sc(C)cn23)c(C)n1. The number of fused-ring (bicyclic) bond motifs is 1. The van der Waals surface area contributed by atoms with Crippen LogP contribution in [0, 0.1) is 27.7 Å². The van der Waals surface area contributed by atoms with Crippen LogP contribution in [0.3, 0.4) is 0 Å². The van der Waals surface area contributed by atoms with Gasteiger partial charge in [0.25, 0.3) is 0 Å². The van der Waals surface area contributed by atoms with Gasteiger partial charge in [0, 0.05) is 16.8 Å². The molecule has 0 amide bonds. The zero-order valence-corrected chi connectivity index (χ0v) is 13.0. The van der Waals surface area contributed by atoms with E-state index < -0.39 is 0 Å². The second kappa shape index (κ2) is 4.90. The van der Waals surface area contributed by atoms with Crippen molar-refractivity contribution in [1.82, 2.24) is 14.4 Å². The number of imidazole rings is 1. The summed E-state index contributed by atoms with van der Waals surface area (Å²) < 4.78 is 2.18. The standard InChI is InChI=1S/C15H18N4S/c1-9-5-6-13(11(3)17-9)16-7-14-12(4)18-15-19(14)8-10(2)20-15/h5-6,8,16H,7H2,1-4H3. The van der Waals surface area contributed by atoms with E-state index in [1.807, 2.05) is 19.9 Å². The Morgan fingerprint density at radius 2 is 1.90 bits per heavy atom. The average Bonchev–Trinajstić information content (AvgIpc) is 2.84. The molecule has 0 aliphatic rings. The van der Waals surface area contributed by atoms with Crippen LogP contribution in [0.25, 0.3) is 4.96 Å². The van der Waals surface area contributed by atoms with E-state index in [9.17, 15) is 0 Å². The summed E-state index contributed by atoms with van der Waals surface area (Å²) in [5, 5.41) is 3.47. The Kier molecular flexibility index (Phi) is 3.22. The van der Waals surface area contributed by atoms with Gasteiger partial charge in [-0.15, -0.1) is 11.3 Å². The Morgan fingerprint density at radius 1 is 1.10 bits per heavy atom. The van der Waals surface area contributed by atoms with E-state index >= 15 is 0 Å². The van der Waals surface area contributed by atoms with Gasteiger partial charge in [0.2, 0.25) is 0 Å². The van der Waals surface area contributed by atoms with Gasteiger partial charge in [-0.25, -0.2) is 4.98 Å². The largest absolute Gasteiger partial charge is 0.378 e. The first-order valence-corrected chi connectivity index (χ1v) is 7.48. The van der Waals surface area contributed by atoms with Gasteiger partial charge < -0.3 is 5.32 Å². The summed E-state index contributed by atoms with van der Waals surface area (Å²) in [6, 6.07) is 4.12. The van der Waals surface area contributed by atoms with E-state index in [2.05, 4.69) is 45.8 Å². The van der Waals surface area contributed by atoms with Crippen molar-refractivity contribution in [2.45, 2.75) is 34.2 Å². The summed E-state index contributed by atoms with van der Waals surface area (Å²) in [5.41, 5.74) is 5.46. The molecule has 3 aromatic rings. The highest BCUT2D eigenvalue weighted by Gasteiger charge is 2.11. The van der Waals surface area contributed by atoms with E-state index in [0.717, 1.165) is 34.3 Å². The first kappa shape index (κ1) is 13.1. The number of thiazole rings is 1. The minimum absolute atomic E-state index is 0.759. The van der Waals surface area contributed by atoms with Gasteiger partial charge in [-0.2, -0.15) is 0 Å². The Labute approximate surface area is 122 Å². The molecule has 20 heavy (non-hydrogen) atoms. The molecular weight excluding hydrogens is 268 g/mol. The Bertz CT molecular complexity index is 770. The minimum Gasteiger partial charge on any atom is -0.378 e. The first-order valence-electron chi connectivity index (χ1n) is 6.66. The van der Waals surface area contributed by atoms with Crippen molar-refractivity contribution in [1.29, 1.82) is 0 Å². The summed E-state index contributed by atoms with van der Waals surface area (Å²) in [5.74, 6) is 0. The van der Waals surface area contributed by atoms with Crippen molar-refractivity contribution in [2.24, 2.45) is 0 Å². The van der Waals surface area contributed by atoms with Gasteiger partial charge in [0.15, 0.2) is 4.96 Å². The van der Waals surface area contributed by atoms with Crippen LogP contribution in [0.5, 0.6) is 0 Å². The van der Waals surface area contributed by atoms with Crippen LogP contribution in [0.4, 0.5) is 5.69 Å². The second-order valence-electron chi connectivity index (χ2n) is 5.08. The normalized spacial score (nSPS) is 11.2. The molecule has 0 saturated heterocycles. The third kappa shape index (κ3) is 2.29. The third-order valence-corrected chi connectivity index (χ3v) is 4.31. The monoisotopic (exact) mass is 286 g/mol. The molecule has 0 aliphatic carbocycles. The van der Waals surface area contributed by atoms with Crippen molar-refractivity contribution in [2.75, 3.05) is 5.32 Å². The lowest BCUT2D eigenvalue weighted by Gasteiger charge is -2.09. The molecule has 4 nitrogen and oxygen atoms in total. The minimum atomic E-state index is 0.759. The lowest BCUT2D eigenvalue weighted by molar-refractivity contribution is 0.982. The molecule has 0 unspecified atom stereocenters. The van der Waals surface area contributed by atoms with Crippen molar-refractivity contribution >= 4 is 22.0 Å². The van der Waals surface area contributed by atoms with Crippen LogP contribution in [0.1, 0.15) is 27.7 Å². The van der Waals surface area contributed by atoms with E-state index in [4.69, 9.17) is 0 Å². The van der Waals surface area contributed by atoms with Crippen LogP contribution >= 0.6 is 11.3 Å². The molecule has 0 atom stereocenters. The fourth-order valence-electron chi connectivity index (χ4n) is 2.37. The molecule has 0 radical (unpaired) electrons. The molecule has 0 fully saturated rings. The Balaban J connectivity index is 1.87. The Morgan fingerprint density at radius 3 is 2.65 bits per heavy atom. The highest BCUT2D eigenvalue weighted by Crippen LogP contribution is 2.22. The number of pyridine rings is 1. The molecular formula is C15H18N4S. The molecule has 3 rings (SSSR count). The number of aromatic nitrogens is 3. The highest BCUT2D eigenvalue weighted by atomic mass is 32.1. The summed E-state index contributed by atoms with van der Waals surface area (Å²) in [4.78, 5) is 11.4. The smallest absolute Gasteiger partial charge is 0.194 e. The van der Waals surface area contributed by atoms with Crippen molar-refractivity contribution in [3.8, 4) is 0 Å². The molecule has 0 aromatic carbocycles. The van der Waals surface area contributed by atoms with E-state index in [1.165, 1.54) is 10.6 Å². The van der Waals surface area contributed by atoms with Gasteiger partial charge >= 0.3 is 0 Å². The van der Waals surface area contributed by atoms with E-state index in [1.54, 1.807) is 11.3 Å². The lowest BCUT2D eigenvalue weighted by Crippen LogP contribution is -2.05. The number of nitrogens with zero attached hydrogens (tertiary/aromatic N) is 3. The van der Waals surface area contributed by atoms with Gasteiger partial charge in [0.1, 0.15) is 0 Å². The van der Waals surface area contributed by atoms with Gasteiger partial charge in [-0.05, 0) is 39.8 Å². The van der Waals surface area contributed by atoms with Crippen molar-refractivity contribution in [3.05, 3.63) is 46.0 Å². The number of anilines is 1. The molecule has 3 aromatic heterocycles. The molecule has 0 aliphatic heterocycles. The zero-order chi connectivity index (χ0) is 14.3. The molecule has 0 saturated carbocycles. The van der Waals surface area contributed by atoms with Crippen LogP contribution in [-0.4, -0.2) is 14.4 Å².